The topological polar surface area (TPSA) is 53.5 Å². The molecule has 14 rings (SSSR count). The van der Waals surface area contributed by atoms with Crippen LogP contribution in [0.4, 0.5) is 0 Å². The molecule has 6 nitrogen and oxygen atoms in total. The van der Waals surface area contributed by atoms with Crippen molar-refractivity contribution in [2.24, 2.45) is 0 Å². The van der Waals surface area contributed by atoms with Gasteiger partial charge in [-0.05, 0) is 102 Å². The summed E-state index contributed by atoms with van der Waals surface area (Å²) in [6.07, 6.45) is 0. The minimum atomic E-state index is 0.596. The van der Waals surface area contributed by atoms with Gasteiger partial charge < -0.3 is 13.7 Å². The fourth-order valence-corrected chi connectivity index (χ4v) is 10.6. The molecule has 0 saturated carbocycles. The molecule has 14 aromatic rings. The Morgan fingerprint density at radius 1 is 0.203 bits per heavy atom. The zero-order valence-electron chi connectivity index (χ0n) is 37.3. The van der Waals surface area contributed by atoms with Gasteiger partial charge in [0.1, 0.15) is 0 Å². The van der Waals surface area contributed by atoms with Crippen LogP contribution in [0.15, 0.2) is 243 Å². The van der Waals surface area contributed by atoms with Crippen LogP contribution in [0.1, 0.15) is 0 Å². The molecule has 0 bridgehead atoms. The summed E-state index contributed by atoms with van der Waals surface area (Å²) in [5, 5.41) is 7.15. The molecule has 0 saturated heterocycles. The molecule has 322 valence electrons. The van der Waals surface area contributed by atoms with E-state index in [1.807, 2.05) is 18.2 Å². The van der Waals surface area contributed by atoms with Crippen molar-refractivity contribution in [2.75, 3.05) is 0 Å². The summed E-state index contributed by atoms with van der Waals surface area (Å²) in [7, 11) is 0. The van der Waals surface area contributed by atoms with Gasteiger partial charge in [-0.2, -0.15) is 0 Å². The summed E-state index contributed by atoms with van der Waals surface area (Å²) in [6.45, 7) is 0. The second kappa shape index (κ2) is 15.6. The van der Waals surface area contributed by atoms with Crippen molar-refractivity contribution in [3.05, 3.63) is 243 Å². The molecule has 0 amide bonds. The zero-order valence-corrected chi connectivity index (χ0v) is 37.3. The molecule has 4 heterocycles. The highest BCUT2D eigenvalue weighted by Gasteiger charge is 2.21. The number of nitrogens with zero attached hydrogens (tertiary/aromatic N) is 6. The summed E-state index contributed by atoms with van der Waals surface area (Å²) in [4.78, 5) is 15.9. The molecule has 6 heteroatoms. The van der Waals surface area contributed by atoms with E-state index in [9.17, 15) is 0 Å². The summed E-state index contributed by atoms with van der Waals surface area (Å²) in [6, 6.07) is 86.3. The molecular weight excluding hydrogens is 841 g/mol. The van der Waals surface area contributed by atoms with Crippen LogP contribution in [0, 0.1) is 0 Å². The summed E-state index contributed by atoms with van der Waals surface area (Å²) in [5.74, 6) is 1.82. The first-order chi connectivity index (χ1) is 34.2. The van der Waals surface area contributed by atoms with E-state index in [0.29, 0.717) is 17.5 Å². The predicted octanol–water partition coefficient (Wildman–Crippen LogP) is 15.8. The number of para-hydroxylation sites is 5. The molecule has 0 aliphatic carbocycles. The number of fused-ring (bicyclic) bond motifs is 9. The first-order valence-corrected chi connectivity index (χ1v) is 23.4. The third-order valence-electron chi connectivity index (χ3n) is 13.6. The molecule has 0 atom stereocenters. The molecule has 69 heavy (non-hydrogen) atoms. The molecule has 0 fully saturated rings. The monoisotopic (exact) mass is 880 g/mol. The quantitative estimate of drug-likeness (QED) is 0.160. The molecule has 0 aliphatic heterocycles. The van der Waals surface area contributed by atoms with Gasteiger partial charge >= 0.3 is 0 Å². The van der Waals surface area contributed by atoms with Crippen molar-refractivity contribution in [3.63, 3.8) is 0 Å². The Bertz CT molecular complexity index is 4240. The Morgan fingerprint density at radius 2 is 0.594 bits per heavy atom. The minimum Gasteiger partial charge on any atom is -0.309 e. The van der Waals surface area contributed by atoms with Crippen LogP contribution in [0.5, 0.6) is 0 Å². The van der Waals surface area contributed by atoms with E-state index in [1.165, 1.54) is 38.0 Å². The number of benzene rings is 10. The number of hydrogen-bond acceptors (Lipinski definition) is 3. The Morgan fingerprint density at radius 3 is 1.17 bits per heavy atom. The lowest BCUT2D eigenvalue weighted by atomic mass is 10.0. The third-order valence-corrected chi connectivity index (χ3v) is 13.6. The van der Waals surface area contributed by atoms with E-state index in [-0.39, 0.29) is 0 Å². The average molecular weight is 881 g/mol. The fraction of sp³-hybridized carbons (Fsp3) is 0. The lowest BCUT2D eigenvalue weighted by Gasteiger charge is -2.15. The van der Waals surface area contributed by atoms with Gasteiger partial charge in [-0.1, -0.05) is 152 Å². The Hall–Kier alpha value is -9.39. The van der Waals surface area contributed by atoms with E-state index in [1.54, 1.807) is 0 Å². The first-order valence-electron chi connectivity index (χ1n) is 23.4. The van der Waals surface area contributed by atoms with Crippen LogP contribution in [-0.2, 0) is 0 Å². The summed E-state index contributed by atoms with van der Waals surface area (Å²) >= 11 is 0. The number of hydrogen-bond donors (Lipinski definition) is 0. The molecular formula is C63H40N6. The highest BCUT2D eigenvalue weighted by atomic mass is 15.0. The van der Waals surface area contributed by atoms with E-state index in [2.05, 4.69) is 238 Å². The van der Waals surface area contributed by atoms with Gasteiger partial charge in [-0.15, -0.1) is 0 Å². The van der Waals surface area contributed by atoms with Crippen LogP contribution in [0.3, 0.4) is 0 Å². The van der Waals surface area contributed by atoms with E-state index >= 15 is 0 Å². The molecule has 0 aliphatic rings. The van der Waals surface area contributed by atoms with Crippen LogP contribution in [0.25, 0.3) is 128 Å². The normalized spacial score (nSPS) is 11.8. The molecule has 0 unspecified atom stereocenters. The second-order valence-electron chi connectivity index (χ2n) is 17.7. The Kier molecular flexibility index (Phi) is 8.79. The van der Waals surface area contributed by atoms with E-state index in [0.717, 1.165) is 72.3 Å². The minimum absolute atomic E-state index is 0.596. The maximum atomic E-state index is 5.38. The van der Waals surface area contributed by atoms with Crippen LogP contribution < -0.4 is 0 Å². The van der Waals surface area contributed by atoms with Gasteiger partial charge in [0, 0.05) is 66.1 Å². The van der Waals surface area contributed by atoms with Crippen molar-refractivity contribution in [1.29, 1.82) is 0 Å². The van der Waals surface area contributed by atoms with Crippen molar-refractivity contribution in [3.8, 4) is 62.4 Å². The number of aromatic nitrogens is 6. The zero-order chi connectivity index (χ0) is 45.4. The standard InChI is InChI=1S/C63H40N6/c1-4-18-41(19-5-1)44-36-45(38-48(37-44)69-58-31-17-13-27-52(58)54-40-47(33-35-60(54)69)68-55-28-14-10-24-49(55)50-25-11-15-29-56(50)68)63-65-61(42-20-6-2-7-21-42)64-62(66-63)43-32-34-59-53(39-43)51-26-12-16-30-57(51)67(59)46-22-8-3-9-23-46/h1-40H. The maximum Gasteiger partial charge on any atom is 0.164 e. The van der Waals surface area contributed by atoms with Crippen molar-refractivity contribution >= 4 is 65.4 Å². The molecule has 0 radical (unpaired) electrons. The van der Waals surface area contributed by atoms with Gasteiger partial charge in [-0.3, -0.25) is 0 Å². The molecule has 10 aromatic carbocycles. The van der Waals surface area contributed by atoms with Gasteiger partial charge in [0.2, 0.25) is 0 Å². The average Bonchev–Trinajstić information content (AvgIpc) is 4.07. The Labute approximate surface area is 397 Å². The second-order valence-corrected chi connectivity index (χ2v) is 17.7. The molecule has 0 N–H and O–H groups in total. The highest BCUT2D eigenvalue weighted by molar-refractivity contribution is 6.13. The van der Waals surface area contributed by atoms with E-state index < -0.39 is 0 Å². The van der Waals surface area contributed by atoms with Gasteiger partial charge in [0.25, 0.3) is 0 Å². The van der Waals surface area contributed by atoms with Crippen molar-refractivity contribution in [2.45, 2.75) is 0 Å². The SMILES string of the molecule is c1ccc(-c2cc(-c3nc(-c4ccccc4)nc(-c4ccc5c(c4)c4ccccc4n5-c4ccccc4)n3)cc(-n3c4ccccc4c4cc(-n5c6ccccc6c6ccccc65)ccc43)c2)cc1. The Balaban J connectivity index is 0.984. The lowest BCUT2D eigenvalue weighted by molar-refractivity contribution is 1.07. The van der Waals surface area contributed by atoms with Crippen molar-refractivity contribution in [1.82, 2.24) is 28.7 Å². The van der Waals surface area contributed by atoms with Crippen molar-refractivity contribution < 1.29 is 0 Å². The summed E-state index contributed by atoms with van der Waals surface area (Å²) < 4.78 is 7.12. The number of rotatable bonds is 7. The van der Waals surface area contributed by atoms with Crippen LogP contribution >= 0.6 is 0 Å². The van der Waals surface area contributed by atoms with Gasteiger partial charge in [0.05, 0.1) is 33.1 Å². The predicted molar refractivity (Wildman–Crippen MR) is 285 cm³/mol. The van der Waals surface area contributed by atoms with Crippen LogP contribution in [-0.4, -0.2) is 28.7 Å². The first kappa shape index (κ1) is 38.8. The van der Waals surface area contributed by atoms with Gasteiger partial charge in [-0.25, -0.2) is 15.0 Å². The highest BCUT2D eigenvalue weighted by Crippen LogP contribution is 2.40. The molecule has 0 spiro atoms. The maximum absolute atomic E-state index is 5.38. The largest absolute Gasteiger partial charge is 0.309 e. The summed E-state index contributed by atoms with van der Waals surface area (Å²) in [5.41, 5.74) is 15.0. The molecule has 4 aromatic heterocycles. The van der Waals surface area contributed by atoms with E-state index in [4.69, 9.17) is 15.0 Å². The third kappa shape index (κ3) is 6.30. The smallest absolute Gasteiger partial charge is 0.164 e. The van der Waals surface area contributed by atoms with Crippen LogP contribution in [0.2, 0.25) is 0 Å². The van der Waals surface area contributed by atoms with Gasteiger partial charge in [0.15, 0.2) is 17.5 Å². The fourth-order valence-electron chi connectivity index (χ4n) is 10.6. The lowest BCUT2D eigenvalue weighted by Crippen LogP contribution is -2.02.